The van der Waals surface area contributed by atoms with Crippen LogP contribution in [0.15, 0.2) is 48.5 Å². The summed E-state index contributed by atoms with van der Waals surface area (Å²) in [5.41, 5.74) is 0.900. The summed E-state index contributed by atoms with van der Waals surface area (Å²) in [5.74, 6) is -0.706. The molecule has 25 heavy (non-hydrogen) atoms. The van der Waals surface area contributed by atoms with Crippen molar-refractivity contribution in [3.63, 3.8) is 0 Å². The quantitative estimate of drug-likeness (QED) is 0.747. The van der Waals surface area contributed by atoms with E-state index in [4.69, 9.17) is 32.7 Å². The van der Waals surface area contributed by atoms with Gasteiger partial charge in [-0.05, 0) is 17.7 Å². The molecule has 2 aromatic rings. The van der Waals surface area contributed by atoms with Crippen LogP contribution in [-0.4, -0.2) is 31.6 Å². The van der Waals surface area contributed by atoms with E-state index >= 15 is 0 Å². The Morgan fingerprint density at radius 3 is 2.52 bits per heavy atom. The number of rotatable bonds is 7. The molecule has 2 aromatic carbocycles. The number of nitrogens with one attached hydrogen (secondary N) is 1. The summed E-state index contributed by atoms with van der Waals surface area (Å²) in [6.07, 6.45) is 0.317. The van der Waals surface area contributed by atoms with E-state index in [1.807, 2.05) is 30.3 Å². The summed E-state index contributed by atoms with van der Waals surface area (Å²) in [6.45, 7) is -0.303. The third-order valence-corrected chi connectivity index (χ3v) is 3.90. The number of benzene rings is 2. The van der Waals surface area contributed by atoms with E-state index in [1.165, 1.54) is 13.2 Å². The summed E-state index contributed by atoms with van der Waals surface area (Å²) in [6, 6.07) is 13.2. The van der Waals surface area contributed by atoms with Crippen molar-refractivity contribution in [2.75, 3.05) is 13.7 Å². The van der Waals surface area contributed by atoms with Crippen LogP contribution in [0.4, 0.5) is 0 Å². The molecule has 0 aliphatic rings. The van der Waals surface area contributed by atoms with Crippen molar-refractivity contribution in [3.8, 4) is 5.75 Å². The van der Waals surface area contributed by atoms with Gasteiger partial charge in [0.1, 0.15) is 11.8 Å². The van der Waals surface area contributed by atoms with Crippen LogP contribution in [0, 0.1) is 0 Å². The van der Waals surface area contributed by atoms with E-state index in [0.717, 1.165) is 5.56 Å². The minimum Gasteiger partial charge on any atom is -0.482 e. The van der Waals surface area contributed by atoms with Gasteiger partial charge in [0.2, 0.25) is 0 Å². The highest BCUT2D eigenvalue weighted by Crippen LogP contribution is 2.27. The fourth-order valence-electron chi connectivity index (χ4n) is 2.15. The maximum atomic E-state index is 12.1. The van der Waals surface area contributed by atoms with Gasteiger partial charge in [-0.1, -0.05) is 53.5 Å². The lowest BCUT2D eigenvalue weighted by molar-refractivity contribution is -0.145. The topological polar surface area (TPSA) is 64.6 Å². The molecule has 1 N–H and O–H groups in total. The second kappa shape index (κ2) is 9.30. The molecule has 1 atom stereocenters. The van der Waals surface area contributed by atoms with E-state index in [-0.39, 0.29) is 6.61 Å². The average molecular weight is 382 g/mol. The molecule has 132 valence electrons. The Kier molecular flexibility index (Phi) is 7.10. The van der Waals surface area contributed by atoms with E-state index in [2.05, 4.69) is 5.32 Å². The second-order valence-corrected chi connectivity index (χ2v) is 6.04. The number of methoxy groups -OCH3 is 1. The maximum absolute atomic E-state index is 12.1. The Morgan fingerprint density at radius 2 is 1.84 bits per heavy atom. The number of amides is 1. The van der Waals surface area contributed by atoms with Crippen molar-refractivity contribution >= 4 is 35.1 Å². The molecule has 0 bridgehead atoms. The van der Waals surface area contributed by atoms with Crippen molar-refractivity contribution in [2.24, 2.45) is 0 Å². The summed E-state index contributed by atoms with van der Waals surface area (Å²) in [4.78, 5) is 24.0. The predicted molar refractivity (Wildman–Crippen MR) is 96.0 cm³/mol. The molecule has 7 heteroatoms. The van der Waals surface area contributed by atoms with Crippen LogP contribution in [-0.2, 0) is 20.7 Å². The predicted octanol–water partition coefficient (Wildman–Crippen LogP) is 3.27. The van der Waals surface area contributed by atoms with Gasteiger partial charge < -0.3 is 14.8 Å². The summed E-state index contributed by atoms with van der Waals surface area (Å²) < 4.78 is 10.1. The smallest absolute Gasteiger partial charge is 0.328 e. The molecule has 0 spiro atoms. The van der Waals surface area contributed by atoms with Gasteiger partial charge in [-0.2, -0.15) is 0 Å². The van der Waals surface area contributed by atoms with Crippen LogP contribution in [0.3, 0.4) is 0 Å². The van der Waals surface area contributed by atoms with E-state index < -0.39 is 17.9 Å². The SMILES string of the molecule is COC(=O)[C@H](Cc1ccccc1)NC(=O)COc1cc(Cl)ccc1Cl. The fraction of sp³-hybridized carbons (Fsp3) is 0.222. The molecular formula is C18H17Cl2NO4. The van der Waals surface area contributed by atoms with Gasteiger partial charge in [0, 0.05) is 17.5 Å². The third-order valence-electron chi connectivity index (χ3n) is 3.36. The second-order valence-electron chi connectivity index (χ2n) is 5.20. The van der Waals surface area contributed by atoms with Crippen LogP contribution in [0.5, 0.6) is 5.75 Å². The molecule has 0 saturated heterocycles. The third kappa shape index (κ3) is 5.96. The van der Waals surface area contributed by atoms with Crippen molar-refractivity contribution in [1.29, 1.82) is 0 Å². The zero-order valence-corrected chi connectivity index (χ0v) is 15.0. The van der Waals surface area contributed by atoms with Gasteiger partial charge in [-0.25, -0.2) is 4.79 Å². The number of carbonyl (C=O) groups is 2. The Bertz CT molecular complexity index is 737. The molecule has 2 rings (SSSR count). The van der Waals surface area contributed by atoms with Crippen LogP contribution < -0.4 is 10.1 Å². The summed E-state index contributed by atoms with van der Waals surface area (Å²) >= 11 is 11.8. The van der Waals surface area contributed by atoms with Crippen LogP contribution >= 0.6 is 23.2 Å². The average Bonchev–Trinajstić information content (AvgIpc) is 2.62. The van der Waals surface area contributed by atoms with Crippen LogP contribution in [0.25, 0.3) is 0 Å². The largest absolute Gasteiger partial charge is 0.482 e. The number of esters is 1. The molecule has 5 nitrogen and oxygen atoms in total. The van der Waals surface area contributed by atoms with Gasteiger partial charge in [0.25, 0.3) is 5.91 Å². The summed E-state index contributed by atoms with van der Waals surface area (Å²) in [7, 11) is 1.27. The molecule has 0 saturated carbocycles. The Morgan fingerprint density at radius 1 is 1.12 bits per heavy atom. The van der Waals surface area contributed by atoms with Crippen molar-refractivity contribution in [1.82, 2.24) is 5.32 Å². The molecule has 0 unspecified atom stereocenters. The first-order valence-electron chi connectivity index (χ1n) is 7.48. The van der Waals surface area contributed by atoms with Crippen molar-refractivity contribution in [3.05, 3.63) is 64.1 Å². The molecule has 0 aliphatic carbocycles. The monoisotopic (exact) mass is 381 g/mol. The number of ether oxygens (including phenoxy) is 2. The Labute approximate surface area is 155 Å². The molecule has 0 aliphatic heterocycles. The van der Waals surface area contributed by atoms with Crippen molar-refractivity contribution in [2.45, 2.75) is 12.5 Å². The highest BCUT2D eigenvalue weighted by molar-refractivity contribution is 6.34. The number of hydrogen-bond acceptors (Lipinski definition) is 4. The first kappa shape index (κ1) is 19.1. The van der Waals surface area contributed by atoms with Crippen LogP contribution in [0.2, 0.25) is 10.0 Å². The van der Waals surface area contributed by atoms with Gasteiger partial charge in [0.15, 0.2) is 6.61 Å². The van der Waals surface area contributed by atoms with Gasteiger partial charge in [-0.15, -0.1) is 0 Å². The van der Waals surface area contributed by atoms with Gasteiger partial charge in [-0.3, -0.25) is 4.79 Å². The highest BCUT2D eigenvalue weighted by Gasteiger charge is 2.22. The normalized spacial score (nSPS) is 11.5. The minimum absolute atomic E-state index is 0.294. The molecule has 1 amide bonds. The van der Waals surface area contributed by atoms with Gasteiger partial charge in [0.05, 0.1) is 12.1 Å². The van der Waals surface area contributed by atoms with E-state index in [1.54, 1.807) is 12.1 Å². The molecule has 0 radical (unpaired) electrons. The van der Waals surface area contributed by atoms with Crippen molar-refractivity contribution < 1.29 is 19.1 Å². The number of halogens is 2. The standard InChI is InChI=1S/C18H17Cl2NO4/c1-24-18(23)15(9-12-5-3-2-4-6-12)21-17(22)11-25-16-10-13(19)7-8-14(16)20/h2-8,10,15H,9,11H2,1H3,(H,21,22)/t15-/m0/s1. The Balaban J connectivity index is 1.97. The van der Waals surface area contributed by atoms with Crippen LogP contribution in [0.1, 0.15) is 5.56 Å². The molecular weight excluding hydrogens is 365 g/mol. The number of carbonyl (C=O) groups excluding carboxylic acids is 2. The number of hydrogen-bond donors (Lipinski definition) is 1. The zero-order valence-electron chi connectivity index (χ0n) is 13.5. The van der Waals surface area contributed by atoms with E-state index in [0.29, 0.717) is 22.2 Å². The first-order chi connectivity index (χ1) is 12.0. The highest BCUT2D eigenvalue weighted by atomic mass is 35.5. The maximum Gasteiger partial charge on any atom is 0.328 e. The molecule has 0 heterocycles. The summed E-state index contributed by atoms with van der Waals surface area (Å²) in [5, 5.41) is 3.39. The van der Waals surface area contributed by atoms with E-state index in [9.17, 15) is 9.59 Å². The molecule has 0 aromatic heterocycles. The zero-order chi connectivity index (χ0) is 18.2. The Hall–Kier alpha value is -2.24. The lowest BCUT2D eigenvalue weighted by atomic mass is 10.1. The minimum atomic E-state index is -0.807. The lowest BCUT2D eigenvalue weighted by Crippen LogP contribution is -2.44. The first-order valence-corrected chi connectivity index (χ1v) is 8.24. The fourth-order valence-corrected chi connectivity index (χ4v) is 2.49. The van der Waals surface area contributed by atoms with Gasteiger partial charge >= 0.3 is 5.97 Å². The molecule has 0 fully saturated rings. The lowest BCUT2D eigenvalue weighted by Gasteiger charge is -2.17.